The van der Waals surface area contributed by atoms with Gasteiger partial charge in [0.1, 0.15) is 0 Å². The molecule has 2 aliphatic rings. The average molecular weight is 225 g/mol. The van der Waals surface area contributed by atoms with E-state index in [0.717, 1.165) is 25.3 Å². The van der Waals surface area contributed by atoms with Crippen molar-refractivity contribution in [1.29, 1.82) is 0 Å². The Morgan fingerprint density at radius 1 is 1.06 bits per heavy atom. The van der Waals surface area contributed by atoms with Gasteiger partial charge < -0.3 is 10.0 Å². The fraction of sp³-hybridized carbons (Fsp3) is 1.00. The highest BCUT2D eigenvalue weighted by molar-refractivity contribution is 4.87. The lowest BCUT2D eigenvalue weighted by Crippen LogP contribution is -2.41. The lowest BCUT2D eigenvalue weighted by atomic mass is 9.88. The minimum atomic E-state index is -0.358. The molecule has 0 radical (unpaired) electrons. The molecule has 2 nitrogen and oxygen atoms in total. The molecule has 2 rings (SSSR count). The van der Waals surface area contributed by atoms with Gasteiger partial charge in [0.05, 0.1) is 5.60 Å². The van der Waals surface area contributed by atoms with Crippen LogP contribution in [0.1, 0.15) is 57.8 Å². The van der Waals surface area contributed by atoms with E-state index in [0.29, 0.717) is 0 Å². The highest BCUT2D eigenvalue weighted by atomic mass is 16.3. The molecule has 2 saturated carbocycles. The van der Waals surface area contributed by atoms with Crippen LogP contribution in [0.2, 0.25) is 0 Å². The molecule has 0 aromatic rings. The Morgan fingerprint density at radius 3 is 2.31 bits per heavy atom. The lowest BCUT2D eigenvalue weighted by molar-refractivity contribution is 0.0116. The first-order valence-corrected chi connectivity index (χ1v) is 7.09. The summed E-state index contributed by atoms with van der Waals surface area (Å²) in [6, 6.07) is 0. The summed E-state index contributed by atoms with van der Waals surface area (Å²) < 4.78 is 0. The average Bonchev–Trinajstić information content (AvgIpc) is 2.66. The van der Waals surface area contributed by atoms with Crippen LogP contribution in [0.5, 0.6) is 0 Å². The first kappa shape index (κ1) is 12.4. The van der Waals surface area contributed by atoms with Crippen LogP contribution < -0.4 is 0 Å². The third-order valence-corrected chi connectivity index (χ3v) is 4.39. The van der Waals surface area contributed by atoms with Crippen molar-refractivity contribution in [3.05, 3.63) is 0 Å². The van der Waals surface area contributed by atoms with Crippen molar-refractivity contribution >= 4 is 0 Å². The molecular weight excluding hydrogens is 198 g/mol. The molecule has 2 aliphatic carbocycles. The summed E-state index contributed by atoms with van der Waals surface area (Å²) in [5, 5.41) is 10.3. The van der Waals surface area contributed by atoms with E-state index in [4.69, 9.17) is 0 Å². The summed E-state index contributed by atoms with van der Waals surface area (Å²) in [5.74, 6) is 0.892. The molecule has 0 heterocycles. The minimum absolute atomic E-state index is 0.358. The van der Waals surface area contributed by atoms with Crippen molar-refractivity contribution < 1.29 is 5.11 Å². The second kappa shape index (κ2) is 5.50. The predicted molar refractivity (Wildman–Crippen MR) is 67.5 cm³/mol. The van der Waals surface area contributed by atoms with Gasteiger partial charge in [-0.25, -0.2) is 0 Å². The maximum atomic E-state index is 10.3. The van der Waals surface area contributed by atoms with Gasteiger partial charge in [0, 0.05) is 13.1 Å². The van der Waals surface area contributed by atoms with E-state index in [1.54, 1.807) is 0 Å². The number of nitrogens with zero attached hydrogens (tertiary/aromatic N) is 1. The first-order chi connectivity index (χ1) is 7.68. The Kier molecular flexibility index (Phi) is 4.26. The topological polar surface area (TPSA) is 23.5 Å². The van der Waals surface area contributed by atoms with Crippen LogP contribution in [0.4, 0.5) is 0 Å². The predicted octanol–water partition coefficient (Wildman–Crippen LogP) is 2.80. The Labute approximate surface area is 100 Å². The van der Waals surface area contributed by atoms with Gasteiger partial charge in [-0.15, -0.1) is 0 Å². The molecule has 0 saturated heterocycles. The van der Waals surface area contributed by atoms with Gasteiger partial charge in [-0.1, -0.05) is 32.1 Å². The summed E-state index contributed by atoms with van der Waals surface area (Å²) in [7, 11) is 2.19. The van der Waals surface area contributed by atoms with E-state index < -0.39 is 0 Å². The van der Waals surface area contributed by atoms with Crippen molar-refractivity contribution in [1.82, 2.24) is 4.90 Å². The van der Waals surface area contributed by atoms with E-state index >= 15 is 0 Å². The normalized spacial score (nSPS) is 26.4. The second-order valence-corrected chi connectivity index (χ2v) is 6.13. The smallest absolute Gasteiger partial charge is 0.0774 e. The maximum Gasteiger partial charge on any atom is 0.0774 e. The molecule has 0 bridgehead atoms. The highest BCUT2D eigenvalue weighted by Gasteiger charge is 2.32. The van der Waals surface area contributed by atoms with Crippen LogP contribution in [0.3, 0.4) is 0 Å². The van der Waals surface area contributed by atoms with Gasteiger partial charge >= 0.3 is 0 Å². The van der Waals surface area contributed by atoms with Crippen LogP contribution >= 0.6 is 0 Å². The SMILES string of the molecule is CN(CC1CCCCC1)CC1(O)CCCC1. The van der Waals surface area contributed by atoms with E-state index in [9.17, 15) is 5.11 Å². The van der Waals surface area contributed by atoms with Crippen LogP contribution in [0.25, 0.3) is 0 Å². The Hall–Kier alpha value is -0.0800. The molecular formula is C14H27NO. The van der Waals surface area contributed by atoms with E-state index in [1.807, 2.05) is 0 Å². The van der Waals surface area contributed by atoms with Gasteiger partial charge in [-0.05, 0) is 38.6 Å². The summed E-state index contributed by atoms with van der Waals surface area (Å²) in [6.07, 6.45) is 11.5. The van der Waals surface area contributed by atoms with Gasteiger partial charge in [-0.3, -0.25) is 0 Å². The zero-order chi connectivity index (χ0) is 11.4. The third kappa shape index (κ3) is 3.46. The molecule has 0 aliphatic heterocycles. The zero-order valence-electron chi connectivity index (χ0n) is 10.7. The van der Waals surface area contributed by atoms with E-state index in [-0.39, 0.29) is 5.60 Å². The molecule has 0 spiro atoms. The maximum absolute atomic E-state index is 10.3. The Balaban J connectivity index is 1.72. The fourth-order valence-electron chi connectivity index (χ4n) is 3.57. The highest BCUT2D eigenvalue weighted by Crippen LogP contribution is 2.31. The zero-order valence-corrected chi connectivity index (χ0v) is 10.7. The van der Waals surface area contributed by atoms with Gasteiger partial charge in [0.2, 0.25) is 0 Å². The summed E-state index contributed by atoms with van der Waals surface area (Å²) >= 11 is 0. The molecule has 0 aromatic carbocycles. The van der Waals surface area contributed by atoms with Crippen LogP contribution in [-0.4, -0.2) is 35.7 Å². The molecule has 16 heavy (non-hydrogen) atoms. The Morgan fingerprint density at radius 2 is 1.69 bits per heavy atom. The van der Waals surface area contributed by atoms with E-state index in [2.05, 4.69) is 11.9 Å². The molecule has 94 valence electrons. The van der Waals surface area contributed by atoms with Crippen LogP contribution in [-0.2, 0) is 0 Å². The number of hydrogen-bond donors (Lipinski definition) is 1. The van der Waals surface area contributed by atoms with E-state index in [1.165, 1.54) is 51.5 Å². The number of aliphatic hydroxyl groups is 1. The second-order valence-electron chi connectivity index (χ2n) is 6.13. The number of likely N-dealkylation sites (N-methyl/N-ethyl adjacent to an activating group) is 1. The molecule has 0 unspecified atom stereocenters. The lowest BCUT2D eigenvalue weighted by Gasteiger charge is -2.32. The fourth-order valence-corrected chi connectivity index (χ4v) is 3.57. The molecule has 1 N–H and O–H groups in total. The van der Waals surface area contributed by atoms with Crippen molar-refractivity contribution in [2.45, 2.75) is 63.4 Å². The van der Waals surface area contributed by atoms with Crippen molar-refractivity contribution in [3.63, 3.8) is 0 Å². The monoisotopic (exact) mass is 225 g/mol. The molecule has 2 heteroatoms. The summed E-state index contributed by atoms with van der Waals surface area (Å²) in [4.78, 5) is 2.38. The quantitative estimate of drug-likeness (QED) is 0.795. The summed E-state index contributed by atoms with van der Waals surface area (Å²) in [6.45, 7) is 2.09. The largest absolute Gasteiger partial charge is 0.389 e. The van der Waals surface area contributed by atoms with Gasteiger partial charge in [0.15, 0.2) is 0 Å². The Bertz CT molecular complexity index is 205. The molecule has 0 atom stereocenters. The minimum Gasteiger partial charge on any atom is -0.389 e. The third-order valence-electron chi connectivity index (χ3n) is 4.39. The van der Waals surface area contributed by atoms with Crippen LogP contribution in [0.15, 0.2) is 0 Å². The van der Waals surface area contributed by atoms with Crippen molar-refractivity contribution in [3.8, 4) is 0 Å². The van der Waals surface area contributed by atoms with Gasteiger partial charge in [-0.2, -0.15) is 0 Å². The van der Waals surface area contributed by atoms with Crippen LogP contribution in [0, 0.1) is 5.92 Å². The number of hydrogen-bond acceptors (Lipinski definition) is 2. The molecule has 0 aromatic heterocycles. The number of rotatable bonds is 4. The van der Waals surface area contributed by atoms with Crippen molar-refractivity contribution in [2.24, 2.45) is 5.92 Å². The molecule has 0 amide bonds. The standard InChI is InChI=1S/C14H27NO/c1-15(11-13-7-3-2-4-8-13)12-14(16)9-5-6-10-14/h13,16H,2-12H2,1H3. The first-order valence-electron chi connectivity index (χ1n) is 7.09. The molecule has 2 fully saturated rings. The van der Waals surface area contributed by atoms with Crippen molar-refractivity contribution in [2.75, 3.05) is 20.1 Å². The summed E-state index contributed by atoms with van der Waals surface area (Å²) in [5.41, 5.74) is -0.358. The van der Waals surface area contributed by atoms with Gasteiger partial charge in [0.25, 0.3) is 0 Å².